The Hall–Kier alpha value is -0.422. The quantitative estimate of drug-likeness (QED) is 0.440. The molecule has 10 heteroatoms. The van der Waals surface area contributed by atoms with E-state index in [1.165, 1.54) is 4.68 Å². The van der Waals surface area contributed by atoms with Gasteiger partial charge < -0.3 is 0 Å². The summed E-state index contributed by atoms with van der Waals surface area (Å²) in [5, 5.41) is 12.6. The molecule has 0 radical (unpaired) electrons. The van der Waals surface area contributed by atoms with Crippen LogP contribution in [0, 0.1) is 14.9 Å². The van der Waals surface area contributed by atoms with Crippen LogP contribution in [0.25, 0.3) is 5.69 Å². The summed E-state index contributed by atoms with van der Waals surface area (Å²) in [6.45, 7) is 0. The van der Waals surface area contributed by atoms with Crippen molar-refractivity contribution in [1.82, 2.24) is 9.78 Å². The Morgan fingerprint density at radius 3 is 2.19 bits per heavy atom. The molecule has 0 amide bonds. The van der Waals surface area contributed by atoms with Crippen LogP contribution in [0.5, 0.6) is 0 Å². The van der Waals surface area contributed by atoms with Gasteiger partial charge in [-0.3, -0.25) is 0 Å². The van der Waals surface area contributed by atoms with Gasteiger partial charge in [-0.25, -0.2) is 0 Å². The first-order valence-electron chi connectivity index (χ1n) is 5.17. The van der Waals surface area contributed by atoms with Gasteiger partial charge in [0.05, 0.1) is 0 Å². The normalized spacial score (nSPS) is 11.5. The number of hydrogen-bond acceptors (Lipinski definition) is 2. The second-order valence-electron chi connectivity index (χ2n) is 3.86. The van der Waals surface area contributed by atoms with Gasteiger partial charge in [0.25, 0.3) is 0 Å². The molecule has 2 rings (SSSR count). The van der Waals surface area contributed by atoms with Gasteiger partial charge in [-0.2, -0.15) is 0 Å². The van der Waals surface area contributed by atoms with Crippen LogP contribution < -0.4 is 4.48 Å². The van der Waals surface area contributed by atoms with Crippen molar-refractivity contribution in [3.05, 3.63) is 37.0 Å². The van der Waals surface area contributed by atoms with Crippen LogP contribution in [0.4, 0.5) is 13.2 Å². The number of nitriles is 1. The molecular formula is C11H4AsCl2F3IN3. The third-order valence-corrected chi connectivity index (χ3v) is 6.51. The Balaban J connectivity index is 2.70. The number of hydrogen-bond donors (Lipinski definition) is 0. The van der Waals surface area contributed by atoms with Crippen molar-refractivity contribution in [2.24, 2.45) is 0 Å². The monoisotopic (exact) mass is 507 g/mol. The molecule has 0 aliphatic carbocycles. The Morgan fingerprint density at radius 2 is 1.81 bits per heavy atom. The van der Waals surface area contributed by atoms with Crippen LogP contribution in [0.15, 0.2) is 12.1 Å². The van der Waals surface area contributed by atoms with E-state index in [0.29, 0.717) is 8.05 Å². The Kier molecular flexibility index (Phi) is 4.83. The zero-order valence-corrected chi connectivity index (χ0v) is 15.9. The van der Waals surface area contributed by atoms with E-state index in [9.17, 15) is 13.2 Å². The number of benzene rings is 1. The Labute approximate surface area is 149 Å². The van der Waals surface area contributed by atoms with E-state index in [1.807, 2.05) is 28.7 Å². The average molecular weight is 508 g/mol. The molecule has 0 aliphatic heterocycles. The van der Waals surface area contributed by atoms with Crippen molar-refractivity contribution >= 4 is 67.1 Å². The average Bonchev–Trinajstić information content (AvgIpc) is 2.65. The zero-order chi connectivity index (χ0) is 15.9. The molecule has 1 aromatic heterocycles. The molecule has 0 bridgehead atoms. The minimum absolute atomic E-state index is 0.130. The summed E-state index contributed by atoms with van der Waals surface area (Å²) in [5.41, 5.74) is -0.640. The fourth-order valence-corrected chi connectivity index (χ4v) is 3.37. The molecule has 1 heterocycles. The summed E-state index contributed by atoms with van der Waals surface area (Å²) in [5.74, 6) is 0. The van der Waals surface area contributed by atoms with E-state index in [4.69, 9.17) is 28.5 Å². The van der Waals surface area contributed by atoms with Crippen molar-refractivity contribution in [2.75, 3.05) is 0 Å². The molecule has 1 atom stereocenters. The summed E-state index contributed by atoms with van der Waals surface area (Å²) >= 11 is 14.9. The van der Waals surface area contributed by atoms with Gasteiger partial charge in [-0.05, 0) is 0 Å². The first-order valence-corrected chi connectivity index (χ1v) is 8.22. The maximum absolute atomic E-state index is 12.7. The summed E-state index contributed by atoms with van der Waals surface area (Å²) in [6.07, 6.45) is -4.54. The standard InChI is InChI=1S/C11H4AsCl2F3IN3/c12-10-8(18)7(3-19)20-21(10)9-5(13)1-4(2-6(9)14)11(15,16)17/h1-2H,12H2. The van der Waals surface area contributed by atoms with Crippen molar-refractivity contribution < 1.29 is 13.2 Å². The predicted molar refractivity (Wildman–Crippen MR) is 84.2 cm³/mol. The molecule has 3 nitrogen and oxygen atoms in total. The molecule has 2 aromatic rings. The van der Waals surface area contributed by atoms with E-state index >= 15 is 0 Å². The fraction of sp³-hybridized carbons (Fsp3) is 0.0909. The van der Waals surface area contributed by atoms with Gasteiger partial charge in [-0.15, -0.1) is 0 Å². The number of halogens is 6. The number of alkyl halides is 3. The molecule has 1 unspecified atom stereocenters. The van der Waals surface area contributed by atoms with Crippen LogP contribution in [-0.2, 0) is 6.18 Å². The van der Waals surface area contributed by atoms with E-state index in [1.54, 1.807) is 0 Å². The summed E-state index contributed by atoms with van der Waals surface area (Å²) in [4.78, 5) is 0. The molecule has 110 valence electrons. The van der Waals surface area contributed by atoms with Crippen LogP contribution >= 0.6 is 45.8 Å². The van der Waals surface area contributed by atoms with Crippen molar-refractivity contribution in [1.29, 1.82) is 5.26 Å². The van der Waals surface area contributed by atoms with Crippen LogP contribution in [-0.4, -0.2) is 26.6 Å². The number of rotatable bonds is 1. The number of nitrogens with zero attached hydrogens (tertiary/aromatic N) is 3. The molecular weight excluding hydrogens is 504 g/mol. The predicted octanol–water partition coefficient (Wildman–Crippen LogP) is 2.93. The van der Waals surface area contributed by atoms with Gasteiger partial charge in [0.2, 0.25) is 0 Å². The van der Waals surface area contributed by atoms with Crippen molar-refractivity contribution in [2.45, 2.75) is 6.18 Å². The van der Waals surface area contributed by atoms with Gasteiger partial charge in [-0.1, -0.05) is 0 Å². The maximum atomic E-state index is 12.7. The second kappa shape index (κ2) is 5.99. The fourth-order valence-electron chi connectivity index (χ4n) is 1.59. The van der Waals surface area contributed by atoms with E-state index in [-0.39, 0.29) is 21.4 Å². The molecule has 21 heavy (non-hydrogen) atoms. The Bertz CT molecular complexity index is 744. The summed E-state index contributed by atoms with van der Waals surface area (Å²) in [6, 6.07) is 3.48. The minimum atomic E-state index is -4.54. The third kappa shape index (κ3) is 3.19. The zero-order valence-electron chi connectivity index (χ0n) is 9.84. The molecule has 0 saturated carbocycles. The first-order chi connectivity index (χ1) is 9.66. The summed E-state index contributed by atoms with van der Waals surface area (Å²) in [7, 11) is 0. The molecule has 1 aromatic carbocycles. The summed E-state index contributed by atoms with van der Waals surface area (Å²) < 4.78 is 40.6. The van der Waals surface area contributed by atoms with Gasteiger partial charge >= 0.3 is 150 Å². The van der Waals surface area contributed by atoms with Gasteiger partial charge in [0, 0.05) is 0 Å². The van der Waals surface area contributed by atoms with E-state index < -0.39 is 11.7 Å². The molecule has 0 N–H and O–H groups in total. The molecule has 0 saturated heterocycles. The van der Waals surface area contributed by atoms with Crippen LogP contribution in [0.2, 0.25) is 10.0 Å². The molecule has 0 spiro atoms. The van der Waals surface area contributed by atoms with E-state index in [0.717, 1.165) is 29.0 Å². The molecule has 0 fully saturated rings. The van der Waals surface area contributed by atoms with Crippen molar-refractivity contribution in [3.8, 4) is 11.8 Å². The van der Waals surface area contributed by atoms with Crippen LogP contribution in [0.3, 0.4) is 0 Å². The van der Waals surface area contributed by atoms with Crippen molar-refractivity contribution in [3.63, 3.8) is 0 Å². The SMILES string of the molecule is N#Cc1nn(-c2c(Cl)cc(C(F)(F)F)cc2Cl)c([AsH2])c1I. The van der Waals surface area contributed by atoms with E-state index in [2.05, 4.69) is 5.10 Å². The first kappa shape index (κ1) is 16.9. The van der Waals surface area contributed by atoms with Gasteiger partial charge in [0.1, 0.15) is 0 Å². The third-order valence-electron chi connectivity index (χ3n) is 2.52. The van der Waals surface area contributed by atoms with Crippen LogP contribution in [0.1, 0.15) is 11.3 Å². The topological polar surface area (TPSA) is 41.6 Å². The van der Waals surface area contributed by atoms with Gasteiger partial charge in [0.15, 0.2) is 0 Å². The Morgan fingerprint density at radius 1 is 1.29 bits per heavy atom. The number of aromatic nitrogens is 2. The molecule has 0 aliphatic rings. The second-order valence-corrected chi connectivity index (χ2v) is 6.90.